The van der Waals surface area contributed by atoms with E-state index in [0.29, 0.717) is 0 Å². The topological polar surface area (TPSA) is 0 Å². The lowest BCUT2D eigenvalue weighted by molar-refractivity contribution is 1.36. The monoisotopic (exact) mass is 178 g/mol. The third-order valence-electron chi connectivity index (χ3n) is 2.41. The van der Waals surface area contributed by atoms with Crippen molar-refractivity contribution in [1.82, 2.24) is 0 Å². The highest BCUT2D eigenvalue weighted by atomic mass is 28.3. The highest BCUT2D eigenvalue weighted by molar-refractivity contribution is 6.89. The summed E-state index contributed by atoms with van der Waals surface area (Å²) in [7, 11) is -1.11. The fourth-order valence-electron chi connectivity index (χ4n) is 1.56. The molecule has 0 aromatic heterocycles. The zero-order chi connectivity index (χ0) is 9.35. The van der Waals surface area contributed by atoms with Crippen molar-refractivity contribution in [2.24, 2.45) is 0 Å². The summed E-state index contributed by atoms with van der Waals surface area (Å²) in [6.07, 6.45) is 0. The Balaban J connectivity index is 3.26. The lowest BCUT2D eigenvalue weighted by Crippen LogP contribution is -2.39. The molecule has 0 fully saturated rings. The first kappa shape index (κ1) is 9.52. The van der Waals surface area contributed by atoms with Gasteiger partial charge in [0.05, 0.1) is 8.07 Å². The van der Waals surface area contributed by atoms with Crippen LogP contribution >= 0.6 is 0 Å². The third-order valence-corrected chi connectivity index (χ3v) is 4.57. The van der Waals surface area contributed by atoms with Gasteiger partial charge in [0, 0.05) is 0 Å². The van der Waals surface area contributed by atoms with Gasteiger partial charge in [-0.15, -0.1) is 0 Å². The molecule has 0 aliphatic carbocycles. The van der Waals surface area contributed by atoms with Crippen LogP contribution in [0.25, 0.3) is 0 Å². The van der Waals surface area contributed by atoms with Crippen molar-refractivity contribution in [2.45, 2.75) is 33.5 Å². The molecule has 0 N–H and O–H groups in total. The van der Waals surface area contributed by atoms with Crippen LogP contribution in [-0.2, 0) is 0 Å². The number of aryl methyl sites for hydroxylation is 1. The Morgan fingerprint density at radius 2 is 1.58 bits per heavy atom. The molecule has 0 aliphatic heterocycles. The molecular formula is C11H18Si. The molecular weight excluding hydrogens is 160 g/mol. The number of rotatable bonds is 1. The molecule has 66 valence electrons. The van der Waals surface area contributed by atoms with Crippen molar-refractivity contribution in [3.05, 3.63) is 29.3 Å². The van der Waals surface area contributed by atoms with Gasteiger partial charge in [0.15, 0.2) is 0 Å². The maximum atomic E-state index is 2.40. The Bertz CT molecular complexity index is 282. The average Bonchev–Trinajstić information content (AvgIpc) is 1.92. The minimum atomic E-state index is -1.11. The first-order valence-corrected chi connectivity index (χ1v) is 7.99. The maximum absolute atomic E-state index is 2.40. The van der Waals surface area contributed by atoms with Crippen molar-refractivity contribution in [2.75, 3.05) is 0 Å². The van der Waals surface area contributed by atoms with Crippen LogP contribution in [-0.4, -0.2) is 8.07 Å². The maximum Gasteiger partial charge on any atom is 0.0779 e. The second-order valence-corrected chi connectivity index (χ2v) is 9.54. The SMILES string of the molecule is Cc1cccc([Si](C)(C)C)c1C. The lowest BCUT2D eigenvalue weighted by atomic mass is 10.1. The van der Waals surface area contributed by atoms with Crippen molar-refractivity contribution in [3.63, 3.8) is 0 Å². The molecule has 0 bridgehead atoms. The van der Waals surface area contributed by atoms with Crippen LogP contribution < -0.4 is 5.19 Å². The summed E-state index contributed by atoms with van der Waals surface area (Å²) in [6, 6.07) is 6.66. The number of benzene rings is 1. The van der Waals surface area contributed by atoms with Crippen LogP contribution in [0.4, 0.5) is 0 Å². The Labute approximate surface area is 76.6 Å². The van der Waals surface area contributed by atoms with Gasteiger partial charge < -0.3 is 0 Å². The lowest BCUT2D eigenvalue weighted by Gasteiger charge is -2.20. The van der Waals surface area contributed by atoms with Gasteiger partial charge >= 0.3 is 0 Å². The Morgan fingerprint density at radius 3 is 2.00 bits per heavy atom. The van der Waals surface area contributed by atoms with Gasteiger partial charge in [-0.2, -0.15) is 0 Å². The molecule has 0 heterocycles. The van der Waals surface area contributed by atoms with E-state index in [1.165, 1.54) is 11.1 Å². The predicted octanol–water partition coefficient (Wildman–Crippen LogP) is 2.85. The molecule has 0 radical (unpaired) electrons. The highest BCUT2D eigenvalue weighted by Gasteiger charge is 2.18. The van der Waals surface area contributed by atoms with E-state index in [4.69, 9.17) is 0 Å². The quantitative estimate of drug-likeness (QED) is 0.580. The molecule has 0 saturated carbocycles. The average molecular weight is 178 g/mol. The van der Waals surface area contributed by atoms with Crippen LogP contribution in [0.1, 0.15) is 11.1 Å². The van der Waals surface area contributed by atoms with Crippen LogP contribution in [0.2, 0.25) is 19.6 Å². The van der Waals surface area contributed by atoms with Crippen LogP contribution in [0, 0.1) is 13.8 Å². The second-order valence-electron chi connectivity index (χ2n) is 4.50. The molecule has 1 heteroatoms. The summed E-state index contributed by atoms with van der Waals surface area (Å²) < 4.78 is 0. The molecule has 0 spiro atoms. The molecule has 0 saturated heterocycles. The summed E-state index contributed by atoms with van der Waals surface area (Å²) >= 11 is 0. The Kier molecular flexibility index (Phi) is 2.43. The molecule has 12 heavy (non-hydrogen) atoms. The van der Waals surface area contributed by atoms with Gasteiger partial charge in [-0.05, 0) is 25.0 Å². The molecule has 1 aromatic carbocycles. The predicted molar refractivity (Wildman–Crippen MR) is 58.9 cm³/mol. The smallest absolute Gasteiger partial charge is 0.0656 e. The van der Waals surface area contributed by atoms with Gasteiger partial charge in [0.2, 0.25) is 0 Å². The zero-order valence-corrected chi connectivity index (χ0v) is 9.73. The van der Waals surface area contributed by atoms with Crippen LogP contribution in [0.5, 0.6) is 0 Å². The first-order chi connectivity index (χ1) is 5.43. The second kappa shape index (κ2) is 3.06. The number of hydrogen-bond donors (Lipinski definition) is 0. The van der Waals surface area contributed by atoms with Gasteiger partial charge in [-0.25, -0.2) is 0 Å². The normalized spacial score (nSPS) is 11.8. The fourth-order valence-corrected chi connectivity index (χ4v) is 3.48. The van der Waals surface area contributed by atoms with E-state index in [2.05, 4.69) is 51.7 Å². The van der Waals surface area contributed by atoms with E-state index in [9.17, 15) is 0 Å². The van der Waals surface area contributed by atoms with Crippen LogP contribution in [0.15, 0.2) is 18.2 Å². The summed E-state index contributed by atoms with van der Waals surface area (Å²) in [5.74, 6) is 0. The molecule has 1 aromatic rings. The third kappa shape index (κ3) is 1.78. The van der Waals surface area contributed by atoms with Gasteiger partial charge in [-0.1, -0.05) is 43.0 Å². The summed E-state index contributed by atoms with van der Waals surface area (Å²) in [6.45, 7) is 11.6. The minimum Gasteiger partial charge on any atom is -0.0656 e. The van der Waals surface area contributed by atoms with E-state index in [-0.39, 0.29) is 0 Å². The summed E-state index contributed by atoms with van der Waals surface area (Å²) in [4.78, 5) is 0. The van der Waals surface area contributed by atoms with E-state index >= 15 is 0 Å². The van der Waals surface area contributed by atoms with Crippen LogP contribution in [0.3, 0.4) is 0 Å². The highest BCUT2D eigenvalue weighted by Crippen LogP contribution is 2.09. The molecule has 0 amide bonds. The van der Waals surface area contributed by atoms with Gasteiger partial charge in [0.1, 0.15) is 0 Å². The first-order valence-electron chi connectivity index (χ1n) is 4.49. The van der Waals surface area contributed by atoms with Crippen molar-refractivity contribution < 1.29 is 0 Å². The van der Waals surface area contributed by atoms with Gasteiger partial charge in [0.25, 0.3) is 0 Å². The fraction of sp³-hybridized carbons (Fsp3) is 0.455. The van der Waals surface area contributed by atoms with E-state index in [1.807, 2.05) is 0 Å². The van der Waals surface area contributed by atoms with Gasteiger partial charge in [-0.3, -0.25) is 0 Å². The Morgan fingerprint density at radius 1 is 1.00 bits per heavy atom. The molecule has 0 atom stereocenters. The standard InChI is InChI=1S/C11H18Si/c1-9-7-6-8-11(10(9)2)12(3,4)5/h6-8H,1-5H3. The Hall–Kier alpha value is -0.563. The molecule has 0 unspecified atom stereocenters. The van der Waals surface area contributed by atoms with Crippen molar-refractivity contribution in [1.29, 1.82) is 0 Å². The van der Waals surface area contributed by atoms with E-state index < -0.39 is 8.07 Å². The van der Waals surface area contributed by atoms with Crippen molar-refractivity contribution in [3.8, 4) is 0 Å². The van der Waals surface area contributed by atoms with E-state index in [1.54, 1.807) is 5.19 Å². The summed E-state index contributed by atoms with van der Waals surface area (Å²) in [5.41, 5.74) is 2.92. The van der Waals surface area contributed by atoms with Crippen molar-refractivity contribution >= 4 is 13.3 Å². The van der Waals surface area contributed by atoms with E-state index in [0.717, 1.165) is 0 Å². The molecule has 0 nitrogen and oxygen atoms in total. The largest absolute Gasteiger partial charge is 0.0779 e. The molecule has 1 rings (SSSR count). The summed E-state index contributed by atoms with van der Waals surface area (Å²) in [5, 5.41) is 1.60. The zero-order valence-electron chi connectivity index (χ0n) is 8.73. The molecule has 0 aliphatic rings. The minimum absolute atomic E-state index is 1.11. The number of hydrogen-bond acceptors (Lipinski definition) is 0.